The summed E-state index contributed by atoms with van der Waals surface area (Å²) in [6, 6.07) is 17.7. The molecule has 5 nitrogen and oxygen atoms in total. The Kier molecular flexibility index (Phi) is 3.82. The van der Waals surface area contributed by atoms with Crippen LogP contribution in [-0.4, -0.2) is 20.7 Å². The van der Waals surface area contributed by atoms with E-state index in [4.69, 9.17) is 0 Å². The molecule has 0 fully saturated rings. The van der Waals surface area contributed by atoms with Crippen molar-refractivity contribution in [3.8, 4) is 5.69 Å². The quantitative estimate of drug-likeness (QED) is 0.600. The van der Waals surface area contributed by atoms with Gasteiger partial charge in [-0.1, -0.05) is 36.4 Å². The molecule has 0 bridgehead atoms. The molecule has 0 aliphatic rings. The van der Waals surface area contributed by atoms with Gasteiger partial charge in [0.15, 0.2) is 0 Å². The van der Waals surface area contributed by atoms with Crippen LogP contribution in [0, 0.1) is 6.92 Å². The van der Waals surface area contributed by atoms with Crippen LogP contribution in [0.1, 0.15) is 21.6 Å². The maximum Gasteiger partial charge on any atom is 0.253 e. The number of carbonyl (C=O) groups is 1. The third kappa shape index (κ3) is 2.92. The molecule has 2 N–H and O–H groups in total. The monoisotopic (exact) mass is 330 g/mol. The van der Waals surface area contributed by atoms with Gasteiger partial charge in [-0.25, -0.2) is 4.68 Å². The molecule has 2 aromatic heterocycles. The summed E-state index contributed by atoms with van der Waals surface area (Å²) >= 11 is 0. The first-order valence-corrected chi connectivity index (χ1v) is 8.17. The van der Waals surface area contributed by atoms with Crippen molar-refractivity contribution in [3.05, 3.63) is 83.8 Å². The normalized spacial score (nSPS) is 10.9. The van der Waals surface area contributed by atoms with Gasteiger partial charge in [0, 0.05) is 34.9 Å². The van der Waals surface area contributed by atoms with Crippen LogP contribution in [0.4, 0.5) is 0 Å². The summed E-state index contributed by atoms with van der Waals surface area (Å²) in [5, 5.41) is 8.28. The number of hydrogen-bond acceptors (Lipinski definition) is 2. The van der Waals surface area contributed by atoms with Crippen LogP contribution in [0.3, 0.4) is 0 Å². The third-order valence-electron chi connectivity index (χ3n) is 4.23. The molecule has 124 valence electrons. The van der Waals surface area contributed by atoms with E-state index in [1.807, 2.05) is 67.7 Å². The van der Waals surface area contributed by atoms with Gasteiger partial charge in [0.05, 0.1) is 17.4 Å². The molecule has 0 saturated carbocycles. The molecule has 0 atom stereocenters. The molecule has 0 unspecified atom stereocenters. The van der Waals surface area contributed by atoms with Crippen LogP contribution in [0.5, 0.6) is 0 Å². The Morgan fingerprint density at radius 3 is 2.72 bits per heavy atom. The average molecular weight is 330 g/mol. The van der Waals surface area contributed by atoms with Gasteiger partial charge in [0.25, 0.3) is 5.91 Å². The summed E-state index contributed by atoms with van der Waals surface area (Å²) in [5.41, 5.74) is 4.49. The van der Waals surface area contributed by atoms with E-state index in [1.165, 1.54) is 0 Å². The standard InChI is InChI=1S/C20H18N4O/c1-14-19(17-9-5-6-10-18(17)23-14)20(25)21-11-15-12-22-24(13-15)16-7-3-2-4-8-16/h2-10,12-13,23H,11H2,1H3,(H,21,25). The Bertz CT molecular complexity index is 1030. The van der Waals surface area contributed by atoms with Crippen molar-refractivity contribution in [2.75, 3.05) is 0 Å². The topological polar surface area (TPSA) is 62.7 Å². The maximum absolute atomic E-state index is 12.6. The summed E-state index contributed by atoms with van der Waals surface area (Å²) in [5.74, 6) is -0.0811. The second kappa shape index (κ2) is 6.28. The number of hydrogen-bond donors (Lipinski definition) is 2. The number of benzene rings is 2. The summed E-state index contributed by atoms with van der Waals surface area (Å²) in [7, 11) is 0. The number of aromatic amines is 1. The van der Waals surface area contributed by atoms with Crippen LogP contribution in [0.2, 0.25) is 0 Å². The molecule has 5 heteroatoms. The largest absolute Gasteiger partial charge is 0.358 e. The van der Waals surface area contributed by atoms with Gasteiger partial charge in [-0.05, 0) is 25.1 Å². The smallest absolute Gasteiger partial charge is 0.253 e. The van der Waals surface area contributed by atoms with Gasteiger partial charge in [-0.3, -0.25) is 4.79 Å². The molecule has 2 aromatic carbocycles. The fourth-order valence-corrected chi connectivity index (χ4v) is 3.01. The lowest BCUT2D eigenvalue weighted by Gasteiger charge is -2.04. The number of nitrogens with one attached hydrogen (secondary N) is 2. The Balaban J connectivity index is 1.51. The van der Waals surface area contributed by atoms with Crippen molar-refractivity contribution in [3.63, 3.8) is 0 Å². The van der Waals surface area contributed by atoms with E-state index < -0.39 is 0 Å². The Morgan fingerprint density at radius 2 is 1.88 bits per heavy atom. The summed E-state index contributed by atoms with van der Waals surface area (Å²) in [4.78, 5) is 15.9. The second-order valence-electron chi connectivity index (χ2n) is 5.98. The first-order chi connectivity index (χ1) is 12.2. The molecule has 1 amide bonds. The van der Waals surface area contributed by atoms with E-state index >= 15 is 0 Å². The van der Waals surface area contributed by atoms with Crippen LogP contribution in [0.25, 0.3) is 16.6 Å². The Morgan fingerprint density at radius 1 is 1.12 bits per heavy atom. The van der Waals surface area contributed by atoms with Crippen molar-refractivity contribution >= 4 is 16.8 Å². The number of H-pyrrole nitrogens is 1. The molecular weight excluding hydrogens is 312 g/mol. The van der Waals surface area contributed by atoms with Crippen LogP contribution in [0.15, 0.2) is 67.0 Å². The highest BCUT2D eigenvalue weighted by Gasteiger charge is 2.15. The number of rotatable bonds is 4. The van der Waals surface area contributed by atoms with Gasteiger partial charge >= 0.3 is 0 Å². The van der Waals surface area contributed by atoms with Crippen LogP contribution >= 0.6 is 0 Å². The van der Waals surface area contributed by atoms with Crippen molar-refractivity contribution in [1.29, 1.82) is 0 Å². The average Bonchev–Trinajstić information content (AvgIpc) is 3.24. The zero-order valence-corrected chi connectivity index (χ0v) is 13.9. The zero-order valence-electron chi connectivity index (χ0n) is 13.9. The van der Waals surface area contributed by atoms with E-state index in [2.05, 4.69) is 15.4 Å². The highest BCUT2D eigenvalue weighted by molar-refractivity contribution is 6.08. The summed E-state index contributed by atoms with van der Waals surface area (Å²) in [6.45, 7) is 2.35. The first kappa shape index (κ1) is 15.2. The molecule has 4 aromatic rings. The molecule has 4 rings (SSSR count). The van der Waals surface area contributed by atoms with Crippen molar-refractivity contribution in [2.45, 2.75) is 13.5 Å². The molecule has 2 heterocycles. The third-order valence-corrected chi connectivity index (χ3v) is 4.23. The minimum atomic E-state index is -0.0811. The Labute approximate surface area is 145 Å². The number of nitrogens with zero attached hydrogens (tertiary/aromatic N) is 2. The minimum Gasteiger partial charge on any atom is -0.358 e. The lowest BCUT2D eigenvalue weighted by Crippen LogP contribution is -2.23. The van der Waals surface area contributed by atoms with Crippen LogP contribution in [-0.2, 0) is 6.54 Å². The molecule has 25 heavy (non-hydrogen) atoms. The van der Waals surface area contributed by atoms with E-state index in [0.717, 1.165) is 27.8 Å². The maximum atomic E-state index is 12.6. The summed E-state index contributed by atoms with van der Waals surface area (Å²) < 4.78 is 1.80. The minimum absolute atomic E-state index is 0.0811. The molecule has 0 saturated heterocycles. The predicted octanol–water partition coefficient (Wildman–Crippen LogP) is 3.59. The second-order valence-corrected chi connectivity index (χ2v) is 5.98. The van der Waals surface area contributed by atoms with Gasteiger partial charge in [0.2, 0.25) is 0 Å². The number of carbonyl (C=O) groups excluding carboxylic acids is 1. The number of amides is 1. The van der Waals surface area contributed by atoms with Gasteiger partial charge < -0.3 is 10.3 Å². The predicted molar refractivity (Wildman–Crippen MR) is 97.8 cm³/mol. The zero-order chi connectivity index (χ0) is 17.2. The van der Waals surface area contributed by atoms with E-state index in [0.29, 0.717) is 12.1 Å². The summed E-state index contributed by atoms with van der Waals surface area (Å²) in [6.07, 6.45) is 3.70. The Hall–Kier alpha value is -3.34. The molecule has 0 spiro atoms. The lowest BCUT2D eigenvalue weighted by atomic mass is 10.1. The number of aromatic nitrogens is 3. The number of aryl methyl sites for hydroxylation is 1. The highest BCUT2D eigenvalue weighted by Crippen LogP contribution is 2.21. The fraction of sp³-hybridized carbons (Fsp3) is 0.100. The van der Waals surface area contributed by atoms with E-state index in [1.54, 1.807) is 10.9 Å². The lowest BCUT2D eigenvalue weighted by molar-refractivity contribution is 0.0952. The fourth-order valence-electron chi connectivity index (χ4n) is 3.01. The van der Waals surface area contributed by atoms with Crippen molar-refractivity contribution < 1.29 is 4.79 Å². The molecule has 0 aliphatic heterocycles. The van der Waals surface area contributed by atoms with Gasteiger partial charge in [-0.15, -0.1) is 0 Å². The highest BCUT2D eigenvalue weighted by atomic mass is 16.1. The number of para-hydroxylation sites is 2. The molecular formula is C20H18N4O. The van der Waals surface area contributed by atoms with Crippen LogP contribution < -0.4 is 5.32 Å². The van der Waals surface area contributed by atoms with E-state index in [-0.39, 0.29) is 5.91 Å². The number of fused-ring (bicyclic) bond motifs is 1. The molecule has 0 aliphatic carbocycles. The SMILES string of the molecule is Cc1[nH]c2ccccc2c1C(=O)NCc1cnn(-c2ccccc2)c1. The first-order valence-electron chi connectivity index (χ1n) is 8.17. The van der Waals surface area contributed by atoms with Crippen molar-refractivity contribution in [1.82, 2.24) is 20.1 Å². The van der Waals surface area contributed by atoms with Gasteiger partial charge in [-0.2, -0.15) is 5.10 Å². The van der Waals surface area contributed by atoms with Gasteiger partial charge in [0.1, 0.15) is 0 Å². The molecule has 0 radical (unpaired) electrons. The van der Waals surface area contributed by atoms with Crippen molar-refractivity contribution in [2.24, 2.45) is 0 Å². The van der Waals surface area contributed by atoms with E-state index in [9.17, 15) is 4.79 Å².